The van der Waals surface area contributed by atoms with Gasteiger partial charge in [-0.2, -0.15) is 0 Å². The molecule has 9 rings (SSSR count). The van der Waals surface area contributed by atoms with E-state index in [0.717, 1.165) is 35.0 Å². The molecule has 198 valence electrons. The first-order chi connectivity index (χ1) is 20.8. The molecule has 0 unspecified atom stereocenters. The van der Waals surface area contributed by atoms with Crippen molar-refractivity contribution >= 4 is 69.8 Å². The Balaban J connectivity index is 1.50. The van der Waals surface area contributed by atoms with Gasteiger partial charge in [0.15, 0.2) is 0 Å². The number of hydrogen-bond donors (Lipinski definition) is 1. The van der Waals surface area contributed by atoms with Crippen LogP contribution in [-0.4, -0.2) is 21.1 Å². The average molecular weight is 557 g/mol. The van der Waals surface area contributed by atoms with E-state index in [4.69, 9.17) is 4.98 Å². The Morgan fingerprint density at radius 1 is 0.690 bits per heavy atom. The second kappa shape index (κ2) is 9.13. The highest BCUT2D eigenvalue weighted by molar-refractivity contribution is 7.27. The van der Waals surface area contributed by atoms with Gasteiger partial charge in [-0.15, -0.1) is 11.3 Å². The van der Waals surface area contributed by atoms with Gasteiger partial charge in [0, 0.05) is 49.1 Å². The molecule has 5 heteroatoms. The lowest BCUT2D eigenvalue weighted by Crippen LogP contribution is -2.16. The summed E-state index contributed by atoms with van der Waals surface area (Å²) in [6.45, 7) is 0.777. The number of allylic oxidation sites excluding steroid dienone is 2. The zero-order chi connectivity index (χ0) is 27.6. The lowest BCUT2D eigenvalue weighted by molar-refractivity contribution is 0.979. The molecular weight excluding hydrogens is 533 g/mol. The number of pyridine rings is 2. The van der Waals surface area contributed by atoms with Crippen LogP contribution in [0.15, 0.2) is 128 Å². The second-order valence-corrected chi connectivity index (χ2v) is 11.7. The van der Waals surface area contributed by atoms with Crippen LogP contribution >= 0.6 is 11.3 Å². The van der Waals surface area contributed by atoms with Crippen LogP contribution in [0, 0.1) is 0 Å². The predicted octanol–water partition coefficient (Wildman–Crippen LogP) is 9.26. The molecule has 1 aliphatic heterocycles. The number of benzene rings is 4. The van der Waals surface area contributed by atoms with E-state index in [1.54, 1.807) is 0 Å². The molecule has 4 aromatic carbocycles. The Morgan fingerprint density at radius 2 is 1.45 bits per heavy atom. The molecule has 0 saturated heterocycles. The molecule has 1 aliphatic rings. The van der Waals surface area contributed by atoms with Crippen LogP contribution in [0.4, 0.5) is 0 Å². The second-order valence-electron chi connectivity index (χ2n) is 10.6. The van der Waals surface area contributed by atoms with Crippen LogP contribution in [0.5, 0.6) is 0 Å². The summed E-state index contributed by atoms with van der Waals surface area (Å²) < 4.78 is 5.08. The number of para-hydroxylation sites is 1. The third kappa shape index (κ3) is 3.41. The average Bonchev–Trinajstić information content (AvgIpc) is 3.62. The van der Waals surface area contributed by atoms with Crippen LogP contribution in [0.1, 0.15) is 5.69 Å². The van der Waals surface area contributed by atoms with Crippen LogP contribution < -0.4 is 5.32 Å². The topological polar surface area (TPSA) is 42.7 Å². The smallest absolute Gasteiger partial charge is 0.0915 e. The molecule has 0 aliphatic carbocycles. The molecule has 0 radical (unpaired) electrons. The van der Waals surface area contributed by atoms with Crippen molar-refractivity contribution in [3.05, 3.63) is 133 Å². The zero-order valence-electron chi connectivity index (χ0n) is 22.6. The van der Waals surface area contributed by atoms with Gasteiger partial charge in [0.05, 0.1) is 39.5 Å². The predicted molar refractivity (Wildman–Crippen MR) is 177 cm³/mol. The normalized spacial score (nSPS) is 13.4. The molecule has 0 bridgehead atoms. The molecule has 0 saturated carbocycles. The van der Waals surface area contributed by atoms with Crippen LogP contribution in [0.3, 0.4) is 0 Å². The summed E-state index contributed by atoms with van der Waals surface area (Å²) in [7, 11) is 0. The largest absolute Gasteiger partial charge is 0.380 e. The van der Waals surface area contributed by atoms with Crippen molar-refractivity contribution in [1.82, 2.24) is 19.9 Å². The fourth-order valence-corrected chi connectivity index (χ4v) is 7.69. The fourth-order valence-electron chi connectivity index (χ4n) is 6.45. The summed E-state index contributed by atoms with van der Waals surface area (Å²) in [6.07, 6.45) is 8.14. The van der Waals surface area contributed by atoms with Gasteiger partial charge < -0.3 is 9.88 Å². The maximum atomic E-state index is 5.11. The van der Waals surface area contributed by atoms with Crippen molar-refractivity contribution in [2.75, 3.05) is 6.54 Å². The SMILES string of the molecule is C1=CCNC(c2cc(-n3c4ccccc4c4c5ccccc5c5sc6ccccc6c5c43)cc(-c3ccccn3)n2)=C1. The highest BCUT2D eigenvalue weighted by Gasteiger charge is 2.22. The Morgan fingerprint density at radius 3 is 2.29 bits per heavy atom. The maximum absolute atomic E-state index is 5.11. The molecule has 0 fully saturated rings. The molecule has 4 nitrogen and oxygen atoms in total. The molecule has 1 N–H and O–H groups in total. The summed E-state index contributed by atoms with van der Waals surface area (Å²) in [5, 5.41) is 11.2. The van der Waals surface area contributed by atoms with Gasteiger partial charge >= 0.3 is 0 Å². The molecule has 5 heterocycles. The molecule has 8 aromatic rings. The lowest BCUT2D eigenvalue weighted by atomic mass is 10.00. The van der Waals surface area contributed by atoms with Crippen molar-refractivity contribution in [2.24, 2.45) is 0 Å². The lowest BCUT2D eigenvalue weighted by Gasteiger charge is -2.16. The quantitative estimate of drug-likeness (QED) is 0.236. The Kier molecular flexibility index (Phi) is 5.10. The Bertz CT molecular complexity index is 2410. The van der Waals surface area contributed by atoms with Gasteiger partial charge in [-0.3, -0.25) is 4.98 Å². The van der Waals surface area contributed by atoms with E-state index >= 15 is 0 Å². The van der Waals surface area contributed by atoms with Gasteiger partial charge in [0.2, 0.25) is 0 Å². The first-order valence-electron chi connectivity index (χ1n) is 14.2. The van der Waals surface area contributed by atoms with E-state index in [2.05, 4.69) is 118 Å². The summed E-state index contributed by atoms with van der Waals surface area (Å²) in [4.78, 5) is 9.79. The molecule has 42 heavy (non-hydrogen) atoms. The number of dihydropyridines is 1. The van der Waals surface area contributed by atoms with Gasteiger partial charge in [-0.25, -0.2) is 4.98 Å². The molecule has 4 aromatic heterocycles. The van der Waals surface area contributed by atoms with Crippen molar-refractivity contribution in [3.63, 3.8) is 0 Å². The van der Waals surface area contributed by atoms with Gasteiger partial charge in [0.25, 0.3) is 0 Å². The molecule has 0 amide bonds. The minimum Gasteiger partial charge on any atom is -0.380 e. The summed E-state index contributed by atoms with van der Waals surface area (Å²) >= 11 is 1.88. The molecule has 0 spiro atoms. The summed E-state index contributed by atoms with van der Waals surface area (Å²) in [5.41, 5.74) is 7.08. The van der Waals surface area contributed by atoms with Crippen molar-refractivity contribution in [2.45, 2.75) is 0 Å². The van der Waals surface area contributed by atoms with Crippen LogP contribution in [0.2, 0.25) is 0 Å². The number of hydrogen-bond acceptors (Lipinski definition) is 4. The monoisotopic (exact) mass is 556 g/mol. The number of rotatable bonds is 3. The van der Waals surface area contributed by atoms with Crippen LogP contribution in [-0.2, 0) is 0 Å². The minimum atomic E-state index is 0.777. The van der Waals surface area contributed by atoms with E-state index in [9.17, 15) is 0 Å². The van der Waals surface area contributed by atoms with Crippen LogP contribution in [0.25, 0.3) is 75.5 Å². The number of nitrogens with one attached hydrogen (secondary N) is 1. The highest BCUT2D eigenvalue weighted by atomic mass is 32.1. The Labute approximate surface area is 245 Å². The van der Waals surface area contributed by atoms with E-state index < -0.39 is 0 Å². The summed E-state index contributed by atoms with van der Waals surface area (Å²) in [5.74, 6) is 0. The van der Waals surface area contributed by atoms with E-state index in [-0.39, 0.29) is 0 Å². The van der Waals surface area contributed by atoms with Crippen molar-refractivity contribution in [1.29, 1.82) is 0 Å². The number of thiophene rings is 1. The van der Waals surface area contributed by atoms with E-state index in [1.165, 1.54) is 52.8 Å². The van der Waals surface area contributed by atoms with Gasteiger partial charge in [0.1, 0.15) is 0 Å². The molecular formula is C37H24N4S. The van der Waals surface area contributed by atoms with Crippen molar-refractivity contribution < 1.29 is 0 Å². The third-order valence-electron chi connectivity index (χ3n) is 8.23. The maximum Gasteiger partial charge on any atom is 0.0915 e. The van der Waals surface area contributed by atoms with Gasteiger partial charge in [-0.05, 0) is 47.9 Å². The van der Waals surface area contributed by atoms with Crippen molar-refractivity contribution in [3.8, 4) is 17.1 Å². The summed E-state index contributed by atoms with van der Waals surface area (Å²) in [6, 6.07) is 36.9. The first-order valence-corrected chi connectivity index (χ1v) is 15.0. The highest BCUT2D eigenvalue weighted by Crippen LogP contribution is 2.47. The first kappa shape index (κ1) is 23.4. The minimum absolute atomic E-state index is 0.777. The standard InChI is InChI=1S/C37H24N4S/c1-2-12-25-24(11-1)34-26-13-3-5-17-32(26)41(36(34)35-27-14-4-6-18-33(27)42-37(25)35)23-21-30(28-15-7-9-19-38-28)40-31(22-23)29-16-8-10-20-39-29/h1-19,21-22,39H,20H2. The number of fused-ring (bicyclic) bond motifs is 10. The fraction of sp³-hybridized carbons (Fsp3) is 0.0270. The van der Waals surface area contributed by atoms with E-state index in [0.29, 0.717) is 0 Å². The van der Waals surface area contributed by atoms with E-state index in [1.807, 2.05) is 35.7 Å². The zero-order valence-corrected chi connectivity index (χ0v) is 23.4. The third-order valence-corrected chi connectivity index (χ3v) is 9.43. The van der Waals surface area contributed by atoms with Gasteiger partial charge in [-0.1, -0.05) is 78.9 Å². The Hall–Kier alpha value is -5.26. The number of aromatic nitrogens is 3. The molecule has 0 atom stereocenters. The number of nitrogens with zero attached hydrogens (tertiary/aromatic N) is 3.